The van der Waals surface area contributed by atoms with Crippen LogP contribution in [-0.4, -0.2) is 17.4 Å². The van der Waals surface area contributed by atoms with Crippen LogP contribution in [0.5, 0.6) is 0 Å². The van der Waals surface area contributed by atoms with Gasteiger partial charge in [-0.2, -0.15) is 5.26 Å². The molecule has 5 nitrogen and oxygen atoms in total. The van der Waals surface area contributed by atoms with Gasteiger partial charge in [0.2, 0.25) is 0 Å². The standard InChI is InChI=1S/C22H20N4O/c23-15-18-8-4-10-19(14-18)26-22(27)21-12-11-20(16-25-21)24-13-5-9-17-6-2-1-3-7-17/h1-4,6-8,10-12,14,16,24H,5,9,13H2,(H,26,27). The maximum Gasteiger partial charge on any atom is 0.274 e. The summed E-state index contributed by atoms with van der Waals surface area (Å²) in [6, 6.07) is 22.7. The van der Waals surface area contributed by atoms with Crippen LogP contribution in [0.15, 0.2) is 72.9 Å². The number of benzene rings is 2. The van der Waals surface area contributed by atoms with E-state index >= 15 is 0 Å². The summed E-state index contributed by atoms with van der Waals surface area (Å²) in [4.78, 5) is 16.5. The molecule has 0 spiro atoms. The van der Waals surface area contributed by atoms with E-state index in [1.54, 1.807) is 36.5 Å². The number of amides is 1. The van der Waals surface area contributed by atoms with E-state index in [0.29, 0.717) is 16.9 Å². The van der Waals surface area contributed by atoms with Gasteiger partial charge in [0.1, 0.15) is 5.69 Å². The summed E-state index contributed by atoms with van der Waals surface area (Å²) in [6.45, 7) is 0.836. The molecule has 0 unspecified atom stereocenters. The average Bonchev–Trinajstić information content (AvgIpc) is 2.72. The van der Waals surface area contributed by atoms with E-state index in [9.17, 15) is 4.79 Å². The molecule has 134 valence electrons. The number of pyridine rings is 1. The molecule has 2 aromatic carbocycles. The quantitative estimate of drug-likeness (QED) is 0.620. The number of hydrogen-bond acceptors (Lipinski definition) is 4. The molecule has 1 heterocycles. The highest BCUT2D eigenvalue weighted by molar-refractivity contribution is 6.03. The van der Waals surface area contributed by atoms with Crippen LogP contribution in [0.2, 0.25) is 0 Å². The van der Waals surface area contributed by atoms with E-state index in [1.165, 1.54) is 5.56 Å². The normalized spacial score (nSPS) is 10.0. The van der Waals surface area contributed by atoms with E-state index in [-0.39, 0.29) is 5.91 Å². The lowest BCUT2D eigenvalue weighted by molar-refractivity contribution is 0.102. The molecule has 3 rings (SSSR count). The van der Waals surface area contributed by atoms with E-state index < -0.39 is 0 Å². The van der Waals surface area contributed by atoms with Crippen LogP contribution in [0, 0.1) is 11.3 Å². The van der Waals surface area contributed by atoms with E-state index in [1.807, 2.05) is 30.3 Å². The number of nitrogens with one attached hydrogen (secondary N) is 2. The Morgan fingerprint density at radius 3 is 2.59 bits per heavy atom. The molecule has 0 saturated carbocycles. The van der Waals surface area contributed by atoms with Crippen molar-refractivity contribution in [2.45, 2.75) is 12.8 Å². The van der Waals surface area contributed by atoms with E-state index in [2.05, 4.69) is 27.8 Å². The van der Waals surface area contributed by atoms with Crippen molar-refractivity contribution in [2.24, 2.45) is 0 Å². The third-order valence-electron chi connectivity index (χ3n) is 4.06. The SMILES string of the molecule is N#Cc1cccc(NC(=O)c2ccc(NCCCc3ccccc3)cn2)c1. The van der Waals surface area contributed by atoms with Crippen molar-refractivity contribution in [1.82, 2.24) is 4.98 Å². The van der Waals surface area contributed by atoms with E-state index in [0.717, 1.165) is 25.1 Å². The number of carbonyl (C=O) groups is 1. The van der Waals surface area contributed by atoms with Crippen molar-refractivity contribution in [3.8, 4) is 6.07 Å². The Kier molecular flexibility index (Phi) is 6.16. The highest BCUT2D eigenvalue weighted by Crippen LogP contribution is 2.12. The molecule has 0 fully saturated rings. The van der Waals surface area contributed by atoms with Crippen LogP contribution in [0.1, 0.15) is 28.0 Å². The fourth-order valence-electron chi connectivity index (χ4n) is 2.66. The molecule has 27 heavy (non-hydrogen) atoms. The second-order valence-corrected chi connectivity index (χ2v) is 6.09. The first-order valence-corrected chi connectivity index (χ1v) is 8.80. The summed E-state index contributed by atoms with van der Waals surface area (Å²) in [6.07, 6.45) is 3.69. The number of hydrogen-bond donors (Lipinski definition) is 2. The minimum atomic E-state index is -0.305. The summed E-state index contributed by atoms with van der Waals surface area (Å²) in [5, 5.41) is 15.0. The van der Waals surface area contributed by atoms with Gasteiger partial charge < -0.3 is 10.6 Å². The van der Waals surface area contributed by atoms with Gasteiger partial charge >= 0.3 is 0 Å². The van der Waals surface area contributed by atoms with Gasteiger partial charge in [-0.1, -0.05) is 36.4 Å². The molecule has 1 amide bonds. The fourth-order valence-corrected chi connectivity index (χ4v) is 2.66. The molecule has 0 aliphatic carbocycles. The lowest BCUT2D eigenvalue weighted by Gasteiger charge is -2.08. The van der Waals surface area contributed by atoms with Crippen molar-refractivity contribution in [3.05, 3.63) is 89.7 Å². The second kappa shape index (κ2) is 9.16. The van der Waals surface area contributed by atoms with Crippen molar-refractivity contribution < 1.29 is 4.79 Å². The number of aromatic nitrogens is 1. The number of carbonyl (C=O) groups excluding carboxylic acids is 1. The number of nitriles is 1. The first-order chi connectivity index (χ1) is 13.2. The predicted octanol–water partition coefficient (Wildman–Crippen LogP) is 4.25. The molecule has 3 aromatic rings. The number of aryl methyl sites for hydroxylation is 1. The summed E-state index contributed by atoms with van der Waals surface area (Å²) in [7, 11) is 0. The van der Waals surface area contributed by atoms with Gasteiger partial charge in [0, 0.05) is 12.2 Å². The average molecular weight is 356 g/mol. The molecule has 2 N–H and O–H groups in total. The maximum atomic E-state index is 12.3. The predicted molar refractivity (Wildman–Crippen MR) is 107 cm³/mol. The summed E-state index contributed by atoms with van der Waals surface area (Å²) in [5.74, 6) is -0.305. The van der Waals surface area contributed by atoms with Gasteiger partial charge in [-0.05, 0) is 48.7 Å². The Labute approximate surface area is 158 Å². The van der Waals surface area contributed by atoms with Gasteiger partial charge in [-0.3, -0.25) is 4.79 Å². The van der Waals surface area contributed by atoms with Gasteiger partial charge in [0.05, 0.1) is 23.5 Å². The zero-order chi connectivity index (χ0) is 18.9. The minimum Gasteiger partial charge on any atom is -0.384 e. The molecule has 0 aliphatic rings. The van der Waals surface area contributed by atoms with Crippen LogP contribution >= 0.6 is 0 Å². The van der Waals surface area contributed by atoms with Gasteiger partial charge in [0.15, 0.2) is 0 Å². The van der Waals surface area contributed by atoms with Crippen LogP contribution in [0.3, 0.4) is 0 Å². The molecule has 0 bridgehead atoms. The first-order valence-electron chi connectivity index (χ1n) is 8.80. The molecule has 5 heteroatoms. The molecule has 0 saturated heterocycles. The smallest absolute Gasteiger partial charge is 0.274 e. The maximum absolute atomic E-state index is 12.3. The summed E-state index contributed by atoms with van der Waals surface area (Å²) >= 11 is 0. The zero-order valence-electron chi connectivity index (χ0n) is 14.9. The van der Waals surface area contributed by atoms with Gasteiger partial charge in [-0.25, -0.2) is 4.98 Å². The Morgan fingerprint density at radius 2 is 1.85 bits per heavy atom. The van der Waals surface area contributed by atoms with Crippen molar-refractivity contribution in [2.75, 3.05) is 17.2 Å². The number of rotatable bonds is 7. The van der Waals surface area contributed by atoms with E-state index in [4.69, 9.17) is 5.26 Å². The van der Waals surface area contributed by atoms with Gasteiger partial charge in [-0.15, -0.1) is 0 Å². The molecule has 1 aromatic heterocycles. The lowest BCUT2D eigenvalue weighted by Crippen LogP contribution is -2.14. The molecular formula is C22H20N4O. The summed E-state index contributed by atoms with van der Waals surface area (Å²) in [5.41, 5.74) is 3.60. The molecule has 0 radical (unpaired) electrons. The first kappa shape index (κ1) is 18.2. The highest BCUT2D eigenvalue weighted by Gasteiger charge is 2.08. The fraction of sp³-hybridized carbons (Fsp3) is 0.136. The number of anilines is 2. The topological polar surface area (TPSA) is 77.8 Å². The summed E-state index contributed by atoms with van der Waals surface area (Å²) < 4.78 is 0. The number of nitrogens with zero attached hydrogens (tertiary/aromatic N) is 2. The van der Waals surface area contributed by atoms with Gasteiger partial charge in [0.25, 0.3) is 5.91 Å². The zero-order valence-corrected chi connectivity index (χ0v) is 14.9. The van der Waals surface area contributed by atoms with Crippen LogP contribution < -0.4 is 10.6 Å². The Morgan fingerprint density at radius 1 is 1.00 bits per heavy atom. The Bertz CT molecular complexity index is 931. The monoisotopic (exact) mass is 356 g/mol. The third kappa shape index (κ3) is 5.41. The largest absolute Gasteiger partial charge is 0.384 e. The third-order valence-corrected chi connectivity index (χ3v) is 4.06. The Balaban J connectivity index is 1.49. The Hall–Kier alpha value is -3.65. The molecule has 0 aliphatic heterocycles. The van der Waals surface area contributed by atoms with Crippen molar-refractivity contribution >= 4 is 17.3 Å². The minimum absolute atomic E-state index is 0.305. The van der Waals surface area contributed by atoms with Crippen LogP contribution in [-0.2, 0) is 6.42 Å². The van der Waals surface area contributed by atoms with Crippen molar-refractivity contribution in [1.29, 1.82) is 5.26 Å². The molecule has 0 atom stereocenters. The molecular weight excluding hydrogens is 336 g/mol. The van der Waals surface area contributed by atoms with Crippen molar-refractivity contribution in [3.63, 3.8) is 0 Å². The van der Waals surface area contributed by atoms with Crippen LogP contribution in [0.25, 0.3) is 0 Å². The lowest BCUT2D eigenvalue weighted by atomic mass is 10.1. The van der Waals surface area contributed by atoms with Crippen LogP contribution in [0.4, 0.5) is 11.4 Å². The highest BCUT2D eigenvalue weighted by atomic mass is 16.1. The second-order valence-electron chi connectivity index (χ2n) is 6.09.